The molecule has 0 saturated heterocycles. The third-order valence-corrected chi connectivity index (χ3v) is 5.25. The molecule has 0 aromatic rings. The van der Waals surface area contributed by atoms with Gasteiger partial charge >= 0.3 is 0 Å². The van der Waals surface area contributed by atoms with Crippen LogP contribution in [0.1, 0.15) is 64.2 Å². The Kier molecular flexibility index (Phi) is 5.68. The summed E-state index contributed by atoms with van der Waals surface area (Å²) >= 11 is 0. The molecule has 2 saturated carbocycles. The summed E-state index contributed by atoms with van der Waals surface area (Å²) in [5.74, 6) is 1.34. The molecule has 2 aliphatic carbocycles. The van der Waals surface area contributed by atoms with E-state index in [9.17, 15) is 4.79 Å². The number of carbonyl (C=O) groups is 1. The molecule has 2 rings (SSSR count). The number of hydrogen-bond acceptors (Lipinski definition) is 2. The highest BCUT2D eigenvalue weighted by Crippen LogP contribution is 2.31. The highest BCUT2D eigenvalue weighted by atomic mass is 16.2. The second-order valence-electron chi connectivity index (χ2n) is 6.55. The van der Waals surface area contributed by atoms with Crippen LogP contribution < -0.4 is 5.73 Å². The van der Waals surface area contributed by atoms with E-state index in [1.807, 2.05) is 7.05 Å². The van der Waals surface area contributed by atoms with Gasteiger partial charge in [0.1, 0.15) is 0 Å². The van der Waals surface area contributed by atoms with Crippen LogP contribution in [-0.4, -0.2) is 30.4 Å². The monoisotopic (exact) mass is 266 g/mol. The van der Waals surface area contributed by atoms with Crippen LogP contribution in [0.25, 0.3) is 0 Å². The van der Waals surface area contributed by atoms with Crippen molar-refractivity contribution < 1.29 is 4.79 Å². The van der Waals surface area contributed by atoms with Crippen molar-refractivity contribution in [2.75, 3.05) is 13.6 Å². The van der Waals surface area contributed by atoms with Gasteiger partial charge in [-0.05, 0) is 51.0 Å². The van der Waals surface area contributed by atoms with Crippen molar-refractivity contribution in [2.45, 2.75) is 70.3 Å². The number of amides is 1. The Morgan fingerprint density at radius 1 is 1.00 bits per heavy atom. The Bertz CT molecular complexity index is 276. The molecule has 2 N–H and O–H groups in total. The van der Waals surface area contributed by atoms with Gasteiger partial charge < -0.3 is 10.6 Å². The lowest BCUT2D eigenvalue weighted by Gasteiger charge is -2.34. The average molecular weight is 266 g/mol. The van der Waals surface area contributed by atoms with E-state index < -0.39 is 0 Å². The molecular formula is C16H30N2O. The lowest BCUT2D eigenvalue weighted by molar-refractivity contribution is -0.137. The molecular weight excluding hydrogens is 236 g/mol. The molecule has 0 aromatic carbocycles. The van der Waals surface area contributed by atoms with E-state index in [0.717, 1.165) is 32.2 Å². The number of carbonyl (C=O) groups excluding carboxylic acids is 1. The molecule has 3 heteroatoms. The zero-order valence-corrected chi connectivity index (χ0v) is 12.4. The minimum Gasteiger partial charge on any atom is -0.343 e. The van der Waals surface area contributed by atoms with E-state index >= 15 is 0 Å². The molecule has 0 atom stereocenters. The Hall–Kier alpha value is -0.570. The average Bonchev–Trinajstić information content (AvgIpc) is 2.75. The van der Waals surface area contributed by atoms with E-state index in [2.05, 4.69) is 4.90 Å². The van der Waals surface area contributed by atoms with E-state index in [-0.39, 0.29) is 5.92 Å². The first-order valence-corrected chi connectivity index (χ1v) is 8.19. The molecule has 3 nitrogen and oxygen atoms in total. The van der Waals surface area contributed by atoms with Gasteiger partial charge in [-0.15, -0.1) is 0 Å². The fourth-order valence-corrected chi connectivity index (χ4v) is 3.76. The van der Waals surface area contributed by atoms with Gasteiger partial charge in [0, 0.05) is 19.0 Å². The van der Waals surface area contributed by atoms with Gasteiger partial charge in [-0.3, -0.25) is 4.79 Å². The summed E-state index contributed by atoms with van der Waals surface area (Å²) < 4.78 is 0. The van der Waals surface area contributed by atoms with Gasteiger partial charge in [0.25, 0.3) is 0 Å². The summed E-state index contributed by atoms with van der Waals surface area (Å²) in [5, 5.41) is 0. The molecule has 0 radical (unpaired) electrons. The molecule has 1 amide bonds. The zero-order chi connectivity index (χ0) is 13.7. The first-order valence-electron chi connectivity index (χ1n) is 8.19. The number of nitrogens with two attached hydrogens (primary N) is 1. The molecule has 0 bridgehead atoms. The van der Waals surface area contributed by atoms with Crippen LogP contribution in [-0.2, 0) is 4.79 Å². The predicted molar refractivity (Wildman–Crippen MR) is 78.8 cm³/mol. The first kappa shape index (κ1) is 14.8. The lowest BCUT2D eigenvalue weighted by Crippen LogP contribution is -2.41. The van der Waals surface area contributed by atoms with Crippen molar-refractivity contribution in [3.05, 3.63) is 0 Å². The van der Waals surface area contributed by atoms with Crippen LogP contribution in [0.4, 0.5) is 0 Å². The van der Waals surface area contributed by atoms with E-state index in [1.165, 1.54) is 38.5 Å². The third-order valence-electron chi connectivity index (χ3n) is 5.25. The van der Waals surface area contributed by atoms with E-state index in [4.69, 9.17) is 5.73 Å². The van der Waals surface area contributed by atoms with Crippen molar-refractivity contribution in [1.29, 1.82) is 0 Å². The SMILES string of the molecule is CN(C(=O)C1CCC(CN)CC1)C1CCCCCC1. The topological polar surface area (TPSA) is 46.3 Å². The summed E-state index contributed by atoms with van der Waals surface area (Å²) in [6, 6.07) is 0.502. The van der Waals surface area contributed by atoms with Crippen LogP contribution in [0.5, 0.6) is 0 Å². The first-order chi connectivity index (χ1) is 9.22. The van der Waals surface area contributed by atoms with Gasteiger partial charge in [-0.2, -0.15) is 0 Å². The van der Waals surface area contributed by atoms with Gasteiger partial charge in [0.05, 0.1) is 0 Å². The molecule has 2 aliphatic rings. The molecule has 0 unspecified atom stereocenters. The van der Waals surface area contributed by atoms with Crippen molar-refractivity contribution >= 4 is 5.91 Å². The third kappa shape index (κ3) is 3.95. The van der Waals surface area contributed by atoms with Crippen molar-refractivity contribution in [2.24, 2.45) is 17.6 Å². The Morgan fingerprint density at radius 2 is 1.58 bits per heavy atom. The Morgan fingerprint density at radius 3 is 2.11 bits per heavy atom. The largest absolute Gasteiger partial charge is 0.343 e. The molecule has 0 heterocycles. The van der Waals surface area contributed by atoms with Gasteiger partial charge in [-0.25, -0.2) is 0 Å². The van der Waals surface area contributed by atoms with Crippen molar-refractivity contribution in [1.82, 2.24) is 4.90 Å². The van der Waals surface area contributed by atoms with E-state index in [1.54, 1.807) is 0 Å². The smallest absolute Gasteiger partial charge is 0.225 e. The number of rotatable bonds is 3. The van der Waals surface area contributed by atoms with Crippen LogP contribution >= 0.6 is 0 Å². The standard InChI is InChI=1S/C16H30N2O/c1-18(15-6-4-2-3-5-7-15)16(19)14-10-8-13(12-17)9-11-14/h13-15H,2-12,17H2,1H3. The fraction of sp³-hybridized carbons (Fsp3) is 0.938. The molecule has 110 valence electrons. The number of hydrogen-bond donors (Lipinski definition) is 1. The highest BCUT2D eigenvalue weighted by Gasteiger charge is 2.30. The molecule has 19 heavy (non-hydrogen) atoms. The Labute approximate surface area is 117 Å². The van der Waals surface area contributed by atoms with Gasteiger partial charge in [0.15, 0.2) is 0 Å². The predicted octanol–water partition coefficient (Wildman–Crippen LogP) is 2.93. The van der Waals surface area contributed by atoms with Gasteiger partial charge in [0.2, 0.25) is 5.91 Å². The summed E-state index contributed by atoms with van der Waals surface area (Å²) in [6.07, 6.45) is 12.1. The maximum absolute atomic E-state index is 12.6. The fourth-order valence-electron chi connectivity index (χ4n) is 3.76. The Balaban J connectivity index is 1.84. The maximum Gasteiger partial charge on any atom is 0.225 e. The second-order valence-corrected chi connectivity index (χ2v) is 6.55. The summed E-state index contributed by atoms with van der Waals surface area (Å²) in [4.78, 5) is 14.7. The molecule has 0 aromatic heterocycles. The lowest BCUT2D eigenvalue weighted by atomic mass is 9.81. The van der Waals surface area contributed by atoms with Crippen LogP contribution in [0.15, 0.2) is 0 Å². The highest BCUT2D eigenvalue weighted by molar-refractivity contribution is 5.79. The molecule has 0 spiro atoms. The summed E-state index contributed by atoms with van der Waals surface area (Å²) in [7, 11) is 2.04. The quantitative estimate of drug-likeness (QED) is 0.798. The van der Waals surface area contributed by atoms with Gasteiger partial charge in [-0.1, -0.05) is 25.7 Å². The maximum atomic E-state index is 12.6. The normalized spacial score (nSPS) is 29.8. The minimum absolute atomic E-state index is 0.274. The van der Waals surface area contributed by atoms with Crippen LogP contribution in [0, 0.1) is 11.8 Å². The molecule has 2 fully saturated rings. The summed E-state index contributed by atoms with van der Waals surface area (Å²) in [5.41, 5.74) is 5.72. The van der Waals surface area contributed by atoms with Crippen LogP contribution in [0.3, 0.4) is 0 Å². The molecule has 0 aliphatic heterocycles. The summed E-state index contributed by atoms with van der Waals surface area (Å²) in [6.45, 7) is 0.791. The second kappa shape index (κ2) is 7.28. The van der Waals surface area contributed by atoms with Crippen molar-refractivity contribution in [3.8, 4) is 0 Å². The minimum atomic E-state index is 0.274. The zero-order valence-electron chi connectivity index (χ0n) is 12.4. The van der Waals surface area contributed by atoms with Crippen LogP contribution in [0.2, 0.25) is 0 Å². The van der Waals surface area contributed by atoms with E-state index in [0.29, 0.717) is 17.9 Å². The number of nitrogens with zero attached hydrogens (tertiary/aromatic N) is 1. The van der Waals surface area contributed by atoms with Crippen molar-refractivity contribution in [3.63, 3.8) is 0 Å².